The number of carbonyl (C=O) groups excluding carboxylic acids is 1. The molecule has 0 spiro atoms. The van der Waals surface area contributed by atoms with Crippen molar-refractivity contribution in [3.05, 3.63) is 46.1 Å². The number of esters is 1. The van der Waals surface area contributed by atoms with Crippen molar-refractivity contribution in [2.75, 3.05) is 7.05 Å². The van der Waals surface area contributed by atoms with Gasteiger partial charge in [0.25, 0.3) is 0 Å². The number of benzene rings is 1. The first-order chi connectivity index (χ1) is 10.1. The van der Waals surface area contributed by atoms with Crippen molar-refractivity contribution in [2.24, 2.45) is 0 Å². The van der Waals surface area contributed by atoms with Gasteiger partial charge in [0, 0.05) is 10.6 Å². The second-order valence-electron chi connectivity index (χ2n) is 5.26. The van der Waals surface area contributed by atoms with E-state index < -0.39 is 5.97 Å². The molecule has 122 valence electrons. The van der Waals surface area contributed by atoms with Crippen LogP contribution in [0.2, 0.25) is 5.02 Å². The molecule has 0 aliphatic heterocycles. The van der Waals surface area contributed by atoms with Gasteiger partial charge in [0.05, 0.1) is 11.1 Å². The molecule has 1 fully saturated rings. The highest BCUT2D eigenvalue weighted by Gasteiger charge is 2.37. The number of rotatable bonds is 4. The SMILES string of the molecule is CNC1(C(=CCl)OC(=O)c2ccc(Cl)cc2)CCCCC1.Cl. The molecule has 22 heavy (non-hydrogen) atoms. The quantitative estimate of drug-likeness (QED) is 0.608. The van der Waals surface area contributed by atoms with Gasteiger partial charge in [-0.25, -0.2) is 4.79 Å². The summed E-state index contributed by atoms with van der Waals surface area (Å²) in [5.41, 5.74) is 1.48. The van der Waals surface area contributed by atoms with Gasteiger partial charge in [0.2, 0.25) is 0 Å². The van der Waals surface area contributed by atoms with E-state index in [1.165, 1.54) is 12.0 Å². The van der Waals surface area contributed by atoms with Crippen LogP contribution in [0, 0.1) is 0 Å². The standard InChI is InChI=1S/C16H19Cl2NO2.ClH/c1-19-16(9-3-2-4-10-16)14(11-17)21-15(20)12-5-7-13(18)8-6-12;/h5-8,11,19H,2-4,9-10H2,1H3;1H. The lowest BCUT2D eigenvalue weighted by Crippen LogP contribution is -2.47. The first-order valence-electron chi connectivity index (χ1n) is 7.09. The Hall–Kier alpha value is -0.740. The van der Waals surface area contributed by atoms with Gasteiger partial charge in [0.15, 0.2) is 0 Å². The molecule has 6 heteroatoms. The molecular weight excluding hydrogens is 345 g/mol. The van der Waals surface area contributed by atoms with Crippen LogP contribution in [-0.2, 0) is 4.74 Å². The van der Waals surface area contributed by atoms with Crippen molar-refractivity contribution < 1.29 is 9.53 Å². The molecule has 1 saturated carbocycles. The summed E-state index contributed by atoms with van der Waals surface area (Å²) in [6, 6.07) is 6.61. The smallest absolute Gasteiger partial charge is 0.343 e. The molecule has 0 saturated heterocycles. The summed E-state index contributed by atoms with van der Waals surface area (Å²) < 4.78 is 5.54. The van der Waals surface area contributed by atoms with Crippen molar-refractivity contribution in [1.82, 2.24) is 5.32 Å². The molecule has 0 radical (unpaired) electrons. The number of ether oxygens (including phenoxy) is 1. The molecule has 1 aromatic rings. The Bertz CT molecular complexity index is 523. The van der Waals surface area contributed by atoms with Gasteiger partial charge in [-0.15, -0.1) is 12.4 Å². The average Bonchev–Trinajstić information content (AvgIpc) is 2.53. The van der Waals surface area contributed by atoms with Crippen LogP contribution in [0.25, 0.3) is 0 Å². The van der Waals surface area contributed by atoms with E-state index in [1.807, 2.05) is 7.05 Å². The first kappa shape index (κ1) is 19.3. The van der Waals surface area contributed by atoms with Crippen molar-refractivity contribution in [1.29, 1.82) is 0 Å². The number of halogens is 3. The van der Waals surface area contributed by atoms with Crippen LogP contribution in [0.5, 0.6) is 0 Å². The van der Waals surface area contributed by atoms with Crippen LogP contribution >= 0.6 is 35.6 Å². The third kappa shape index (κ3) is 4.39. The van der Waals surface area contributed by atoms with Gasteiger partial charge in [-0.05, 0) is 44.2 Å². The van der Waals surface area contributed by atoms with E-state index in [9.17, 15) is 4.79 Å². The minimum absolute atomic E-state index is 0. The molecule has 0 amide bonds. The third-order valence-corrected chi connectivity index (χ3v) is 4.49. The minimum Gasteiger partial charge on any atom is -0.425 e. The van der Waals surface area contributed by atoms with E-state index >= 15 is 0 Å². The second-order valence-corrected chi connectivity index (χ2v) is 5.92. The summed E-state index contributed by atoms with van der Waals surface area (Å²) in [6.07, 6.45) is 5.21. The maximum Gasteiger partial charge on any atom is 0.343 e. The lowest BCUT2D eigenvalue weighted by molar-refractivity contribution is 0.0534. The molecule has 0 aromatic heterocycles. The largest absolute Gasteiger partial charge is 0.425 e. The fourth-order valence-corrected chi connectivity index (χ4v) is 3.12. The van der Waals surface area contributed by atoms with E-state index in [2.05, 4.69) is 5.32 Å². The van der Waals surface area contributed by atoms with Crippen LogP contribution in [0.1, 0.15) is 42.5 Å². The average molecular weight is 365 g/mol. The third-order valence-electron chi connectivity index (χ3n) is 4.04. The predicted molar refractivity (Wildman–Crippen MR) is 92.9 cm³/mol. The second kappa shape index (κ2) is 8.78. The molecular formula is C16H20Cl3NO2. The lowest BCUT2D eigenvalue weighted by atomic mass is 9.80. The number of carbonyl (C=O) groups is 1. The van der Waals surface area contributed by atoms with Crippen LogP contribution in [0.3, 0.4) is 0 Å². The summed E-state index contributed by atoms with van der Waals surface area (Å²) >= 11 is 11.7. The summed E-state index contributed by atoms with van der Waals surface area (Å²) in [6.45, 7) is 0. The zero-order valence-electron chi connectivity index (χ0n) is 12.4. The van der Waals surface area contributed by atoms with Crippen LogP contribution in [0.4, 0.5) is 0 Å². The summed E-state index contributed by atoms with van der Waals surface area (Å²) in [4.78, 5) is 12.2. The highest BCUT2D eigenvalue weighted by Crippen LogP contribution is 2.35. The Morgan fingerprint density at radius 1 is 1.23 bits per heavy atom. The molecule has 2 rings (SSSR count). The number of hydrogen-bond donors (Lipinski definition) is 1. The molecule has 0 atom stereocenters. The molecule has 1 aliphatic rings. The van der Waals surface area contributed by atoms with E-state index in [4.69, 9.17) is 27.9 Å². The Kier molecular flexibility index (Phi) is 7.70. The van der Waals surface area contributed by atoms with Gasteiger partial charge < -0.3 is 10.1 Å². The summed E-state index contributed by atoms with van der Waals surface area (Å²) in [5, 5.41) is 3.87. The fourth-order valence-electron chi connectivity index (χ4n) is 2.74. The van der Waals surface area contributed by atoms with Gasteiger partial charge in [-0.3, -0.25) is 0 Å². The molecule has 1 aliphatic carbocycles. The molecule has 3 nitrogen and oxygen atoms in total. The highest BCUT2D eigenvalue weighted by atomic mass is 35.5. The van der Waals surface area contributed by atoms with Crippen molar-refractivity contribution in [2.45, 2.75) is 37.6 Å². The zero-order valence-corrected chi connectivity index (χ0v) is 14.7. The van der Waals surface area contributed by atoms with E-state index in [1.54, 1.807) is 24.3 Å². The first-order valence-corrected chi connectivity index (χ1v) is 7.90. The summed E-state index contributed by atoms with van der Waals surface area (Å²) in [5.74, 6) is 0.0741. The predicted octanol–water partition coefficient (Wildman–Crippen LogP) is 4.92. The number of likely N-dealkylation sites (N-methyl/N-ethyl adjacent to an activating group) is 1. The maximum absolute atomic E-state index is 12.2. The van der Waals surface area contributed by atoms with Gasteiger partial charge >= 0.3 is 5.97 Å². The van der Waals surface area contributed by atoms with Gasteiger partial charge in [-0.1, -0.05) is 42.5 Å². The van der Waals surface area contributed by atoms with Crippen molar-refractivity contribution >= 4 is 41.6 Å². The minimum atomic E-state index is -0.418. The van der Waals surface area contributed by atoms with Crippen molar-refractivity contribution in [3.63, 3.8) is 0 Å². The van der Waals surface area contributed by atoms with E-state index in [0.717, 1.165) is 25.7 Å². The topological polar surface area (TPSA) is 38.3 Å². The molecule has 0 bridgehead atoms. The number of hydrogen-bond acceptors (Lipinski definition) is 3. The van der Waals surface area contributed by atoms with Crippen molar-refractivity contribution in [3.8, 4) is 0 Å². The zero-order chi connectivity index (χ0) is 15.3. The maximum atomic E-state index is 12.2. The lowest BCUT2D eigenvalue weighted by Gasteiger charge is -2.37. The van der Waals surface area contributed by atoms with E-state index in [-0.39, 0.29) is 17.9 Å². The normalized spacial score (nSPS) is 17.5. The fraction of sp³-hybridized carbons (Fsp3) is 0.438. The molecule has 0 unspecified atom stereocenters. The number of nitrogens with one attached hydrogen (secondary N) is 1. The Morgan fingerprint density at radius 2 is 1.82 bits per heavy atom. The Balaban J connectivity index is 0.00000242. The molecule has 0 heterocycles. The highest BCUT2D eigenvalue weighted by molar-refractivity contribution is 6.30. The molecule has 1 aromatic carbocycles. The van der Waals surface area contributed by atoms with Gasteiger partial charge in [-0.2, -0.15) is 0 Å². The van der Waals surface area contributed by atoms with Crippen LogP contribution in [0.15, 0.2) is 35.6 Å². The Labute approximate surface area is 147 Å². The summed E-state index contributed by atoms with van der Waals surface area (Å²) in [7, 11) is 1.88. The van der Waals surface area contributed by atoms with Crippen LogP contribution in [-0.4, -0.2) is 18.6 Å². The monoisotopic (exact) mass is 363 g/mol. The van der Waals surface area contributed by atoms with E-state index in [0.29, 0.717) is 16.3 Å². The Morgan fingerprint density at radius 3 is 2.32 bits per heavy atom. The van der Waals surface area contributed by atoms with Crippen LogP contribution < -0.4 is 5.32 Å². The van der Waals surface area contributed by atoms with Gasteiger partial charge in [0.1, 0.15) is 5.76 Å². The molecule has 1 N–H and O–H groups in total.